The van der Waals surface area contributed by atoms with Crippen LogP contribution in [0.1, 0.15) is 27.9 Å². The lowest BCUT2D eigenvalue weighted by atomic mass is 10.1. The van der Waals surface area contributed by atoms with Crippen molar-refractivity contribution in [2.45, 2.75) is 19.4 Å². The van der Waals surface area contributed by atoms with Gasteiger partial charge in [0.2, 0.25) is 11.8 Å². The zero-order chi connectivity index (χ0) is 24.8. The van der Waals surface area contributed by atoms with Gasteiger partial charge in [-0.1, -0.05) is 54.6 Å². The summed E-state index contributed by atoms with van der Waals surface area (Å²) < 4.78 is 13.1. The number of rotatable bonds is 8. The molecule has 0 spiro atoms. The Labute approximate surface area is 204 Å². The number of para-hydroxylation sites is 1. The van der Waals surface area contributed by atoms with Gasteiger partial charge >= 0.3 is 0 Å². The summed E-state index contributed by atoms with van der Waals surface area (Å²) in [5, 5.41) is 2.87. The molecule has 0 aromatic heterocycles. The molecule has 1 N–H and O–H groups in total. The van der Waals surface area contributed by atoms with E-state index >= 15 is 0 Å². The number of hydrogen-bond acceptors (Lipinski definition) is 3. The number of carbonyl (C=O) groups excluding carboxylic acids is 3. The zero-order valence-electron chi connectivity index (χ0n) is 19.6. The standard InChI is InChI=1S/C28H28FN3O3/c1-31(18-21-7-3-2-4-8-21)28(35)24-9-5-6-10-25(24)30-27(34)22-17-26(33)32(19-22)16-15-20-11-13-23(29)14-12-20/h2-14,22H,15-19H2,1H3,(H,30,34)/t22-/m0/s1. The molecule has 0 radical (unpaired) electrons. The zero-order valence-corrected chi connectivity index (χ0v) is 19.6. The molecule has 35 heavy (non-hydrogen) atoms. The highest BCUT2D eigenvalue weighted by Crippen LogP contribution is 2.23. The maximum atomic E-state index is 13.1. The molecule has 180 valence electrons. The third kappa shape index (κ3) is 6.12. The summed E-state index contributed by atoms with van der Waals surface area (Å²) in [7, 11) is 1.72. The first kappa shape index (κ1) is 24.1. The summed E-state index contributed by atoms with van der Waals surface area (Å²) in [6.07, 6.45) is 0.713. The number of nitrogens with one attached hydrogen (secondary N) is 1. The van der Waals surface area contributed by atoms with Gasteiger partial charge in [0.25, 0.3) is 5.91 Å². The van der Waals surface area contributed by atoms with E-state index in [-0.39, 0.29) is 30.0 Å². The van der Waals surface area contributed by atoms with Crippen LogP contribution < -0.4 is 5.32 Å². The molecular weight excluding hydrogens is 445 g/mol. The van der Waals surface area contributed by atoms with Crippen molar-refractivity contribution >= 4 is 23.4 Å². The van der Waals surface area contributed by atoms with E-state index in [1.165, 1.54) is 12.1 Å². The van der Waals surface area contributed by atoms with Crippen LogP contribution in [0.3, 0.4) is 0 Å². The fourth-order valence-corrected chi connectivity index (χ4v) is 4.23. The van der Waals surface area contributed by atoms with E-state index in [4.69, 9.17) is 0 Å². The molecule has 1 saturated heterocycles. The van der Waals surface area contributed by atoms with Crippen molar-refractivity contribution < 1.29 is 18.8 Å². The Morgan fingerprint density at radius 2 is 1.66 bits per heavy atom. The van der Waals surface area contributed by atoms with Crippen LogP contribution >= 0.6 is 0 Å². The molecule has 4 rings (SSSR count). The summed E-state index contributed by atoms with van der Waals surface area (Å²) >= 11 is 0. The van der Waals surface area contributed by atoms with Gasteiger partial charge in [-0.2, -0.15) is 0 Å². The molecule has 7 heteroatoms. The molecule has 3 amide bonds. The molecule has 3 aromatic carbocycles. The number of likely N-dealkylation sites (tertiary alicyclic amines) is 1. The molecule has 1 atom stereocenters. The Kier molecular flexibility index (Phi) is 7.55. The van der Waals surface area contributed by atoms with Gasteiger partial charge in [0.1, 0.15) is 5.82 Å². The van der Waals surface area contributed by atoms with Crippen molar-refractivity contribution in [2.24, 2.45) is 5.92 Å². The van der Waals surface area contributed by atoms with Gasteiger partial charge in [-0.25, -0.2) is 4.39 Å². The second kappa shape index (κ2) is 11.0. The maximum absolute atomic E-state index is 13.1. The molecule has 0 bridgehead atoms. The third-order valence-corrected chi connectivity index (χ3v) is 6.19. The Balaban J connectivity index is 1.37. The fourth-order valence-electron chi connectivity index (χ4n) is 4.23. The van der Waals surface area contributed by atoms with Crippen LogP contribution in [0.5, 0.6) is 0 Å². The number of nitrogens with zero attached hydrogens (tertiary/aromatic N) is 2. The molecule has 1 aliphatic rings. The van der Waals surface area contributed by atoms with Gasteiger partial charge in [0.05, 0.1) is 17.2 Å². The SMILES string of the molecule is CN(Cc1ccccc1)C(=O)c1ccccc1NC(=O)[C@H]1CC(=O)N(CCc2ccc(F)cc2)C1. The average Bonchev–Trinajstić information content (AvgIpc) is 3.25. The molecule has 1 fully saturated rings. The number of halogens is 1. The normalized spacial score (nSPS) is 15.2. The Morgan fingerprint density at radius 1 is 0.971 bits per heavy atom. The van der Waals surface area contributed by atoms with Crippen LogP contribution in [-0.2, 0) is 22.6 Å². The smallest absolute Gasteiger partial charge is 0.256 e. The highest BCUT2D eigenvalue weighted by Gasteiger charge is 2.34. The topological polar surface area (TPSA) is 69.7 Å². The Bertz CT molecular complexity index is 1200. The van der Waals surface area contributed by atoms with E-state index in [1.807, 2.05) is 30.3 Å². The van der Waals surface area contributed by atoms with E-state index in [0.717, 1.165) is 11.1 Å². The fraction of sp³-hybridized carbons (Fsp3) is 0.250. The van der Waals surface area contributed by atoms with E-state index in [9.17, 15) is 18.8 Å². The number of hydrogen-bond donors (Lipinski definition) is 1. The van der Waals surface area contributed by atoms with Crippen molar-refractivity contribution in [3.05, 3.63) is 101 Å². The van der Waals surface area contributed by atoms with Gasteiger partial charge in [-0.3, -0.25) is 14.4 Å². The third-order valence-electron chi connectivity index (χ3n) is 6.19. The van der Waals surface area contributed by atoms with Gasteiger partial charge in [-0.15, -0.1) is 0 Å². The Morgan fingerprint density at radius 3 is 2.40 bits per heavy atom. The molecule has 0 unspecified atom stereocenters. The largest absolute Gasteiger partial charge is 0.342 e. The molecule has 3 aromatic rings. The van der Waals surface area contributed by atoms with Gasteiger partial charge < -0.3 is 15.1 Å². The summed E-state index contributed by atoms with van der Waals surface area (Å²) in [6, 6.07) is 22.8. The molecular formula is C28H28FN3O3. The number of benzene rings is 3. The summed E-state index contributed by atoms with van der Waals surface area (Å²) in [4.78, 5) is 41.9. The number of amides is 3. The van der Waals surface area contributed by atoms with Gasteiger partial charge in [0.15, 0.2) is 0 Å². The minimum atomic E-state index is -0.499. The van der Waals surface area contributed by atoms with Crippen LogP contribution in [0.4, 0.5) is 10.1 Å². The van der Waals surface area contributed by atoms with Crippen LogP contribution in [0.15, 0.2) is 78.9 Å². The monoisotopic (exact) mass is 473 g/mol. The van der Waals surface area contributed by atoms with Gasteiger partial charge in [-0.05, 0) is 41.8 Å². The second-order valence-corrected chi connectivity index (χ2v) is 8.80. The molecule has 0 aliphatic carbocycles. The van der Waals surface area contributed by atoms with Crippen LogP contribution in [0.25, 0.3) is 0 Å². The van der Waals surface area contributed by atoms with Crippen molar-refractivity contribution in [3.63, 3.8) is 0 Å². The quantitative estimate of drug-likeness (QED) is 0.535. The second-order valence-electron chi connectivity index (χ2n) is 8.80. The van der Waals surface area contributed by atoms with E-state index in [0.29, 0.717) is 37.3 Å². The van der Waals surface area contributed by atoms with Crippen molar-refractivity contribution in [3.8, 4) is 0 Å². The van der Waals surface area contributed by atoms with Crippen molar-refractivity contribution in [2.75, 3.05) is 25.5 Å². The highest BCUT2D eigenvalue weighted by molar-refractivity contribution is 6.05. The molecule has 0 saturated carbocycles. The first-order valence-electron chi connectivity index (χ1n) is 11.6. The number of anilines is 1. The highest BCUT2D eigenvalue weighted by atomic mass is 19.1. The van der Waals surface area contributed by atoms with E-state index in [2.05, 4.69) is 5.32 Å². The van der Waals surface area contributed by atoms with Crippen molar-refractivity contribution in [1.29, 1.82) is 0 Å². The summed E-state index contributed by atoms with van der Waals surface area (Å²) in [6.45, 7) is 1.23. The molecule has 1 heterocycles. The summed E-state index contributed by atoms with van der Waals surface area (Å²) in [5.41, 5.74) is 2.77. The predicted molar refractivity (Wildman–Crippen MR) is 132 cm³/mol. The summed E-state index contributed by atoms with van der Waals surface area (Å²) in [5.74, 6) is -1.37. The Hall–Kier alpha value is -4.00. The lowest BCUT2D eigenvalue weighted by Crippen LogP contribution is -2.31. The number of carbonyl (C=O) groups is 3. The van der Waals surface area contributed by atoms with Crippen molar-refractivity contribution in [1.82, 2.24) is 9.80 Å². The van der Waals surface area contributed by atoms with Crippen LogP contribution in [0.2, 0.25) is 0 Å². The van der Waals surface area contributed by atoms with E-state index < -0.39 is 5.92 Å². The predicted octanol–water partition coefficient (Wildman–Crippen LogP) is 4.13. The minimum Gasteiger partial charge on any atom is -0.342 e. The minimum absolute atomic E-state index is 0.0841. The van der Waals surface area contributed by atoms with Crippen LogP contribution in [-0.4, -0.2) is 47.7 Å². The molecule has 6 nitrogen and oxygen atoms in total. The van der Waals surface area contributed by atoms with Crippen LogP contribution in [0, 0.1) is 11.7 Å². The van der Waals surface area contributed by atoms with Gasteiger partial charge in [0, 0.05) is 33.1 Å². The molecule has 1 aliphatic heterocycles. The van der Waals surface area contributed by atoms with E-state index in [1.54, 1.807) is 53.2 Å². The maximum Gasteiger partial charge on any atom is 0.256 e. The lowest BCUT2D eigenvalue weighted by molar-refractivity contribution is -0.128. The average molecular weight is 474 g/mol. The first-order chi connectivity index (χ1) is 16.9. The lowest BCUT2D eigenvalue weighted by Gasteiger charge is -2.20. The first-order valence-corrected chi connectivity index (χ1v) is 11.6.